The number of nitro groups is 1. The summed E-state index contributed by atoms with van der Waals surface area (Å²) in [7, 11) is 0. The Morgan fingerprint density at radius 1 is 1.33 bits per heavy atom. The van der Waals surface area contributed by atoms with Gasteiger partial charge in [0.25, 0.3) is 0 Å². The second-order valence-electron chi connectivity index (χ2n) is 7.57. The van der Waals surface area contributed by atoms with Crippen molar-refractivity contribution in [3.8, 4) is 5.75 Å². The summed E-state index contributed by atoms with van der Waals surface area (Å²) in [6, 6.07) is 2.89. The lowest BCUT2D eigenvalue weighted by molar-refractivity contribution is -0.385. The summed E-state index contributed by atoms with van der Waals surface area (Å²) < 4.78 is 5.53. The van der Waals surface area contributed by atoms with E-state index in [0.29, 0.717) is 25.5 Å². The number of aliphatic hydroxyl groups is 1. The Hall–Kier alpha value is -2.19. The number of ether oxygens (including phenoxy) is 1. The van der Waals surface area contributed by atoms with Gasteiger partial charge < -0.3 is 14.7 Å². The predicted octanol–water partition coefficient (Wildman–Crippen LogP) is 4.50. The maximum absolute atomic E-state index is 12.6. The van der Waals surface area contributed by atoms with E-state index in [2.05, 4.69) is 0 Å². The number of benzene rings is 1. The Labute approximate surface area is 181 Å². The highest BCUT2D eigenvalue weighted by molar-refractivity contribution is 6.33. The number of amides is 1. The topological polar surface area (TPSA) is 110 Å². The van der Waals surface area contributed by atoms with Gasteiger partial charge in [-0.2, -0.15) is 0 Å². The zero-order valence-electron chi connectivity index (χ0n) is 17.2. The minimum absolute atomic E-state index is 0.0330. The van der Waals surface area contributed by atoms with Crippen molar-refractivity contribution in [3.05, 3.63) is 32.8 Å². The van der Waals surface area contributed by atoms with Crippen LogP contribution in [0.5, 0.6) is 5.75 Å². The normalized spacial score (nSPS) is 15.4. The molecule has 30 heavy (non-hydrogen) atoms. The van der Waals surface area contributed by atoms with Crippen LogP contribution >= 0.6 is 11.6 Å². The second-order valence-corrected chi connectivity index (χ2v) is 7.97. The standard InChI is InChI=1S/C21H29ClN2O6/c1-15(26)23(16-8-4-2-5-9-16)20(27)10-6-3-7-13-30-19-12-11-18(22)21(24(28)29)17(19)14-25/h11-12,14-16,26H,2-10,13H2,1H3. The summed E-state index contributed by atoms with van der Waals surface area (Å²) in [5, 5.41) is 21.0. The van der Waals surface area contributed by atoms with E-state index in [1.165, 1.54) is 18.6 Å². The zero-order valence-corrected chi connectivity index (χ0v) is 18.0. The number of rotatable bonds is 11. The SMILES string of the molecule is CC(O)N(C(=O)CCCCCOc1ccc(Cl)c([N+](=O)[O-])c1C=O)C1CCCCC1. The first kappa shape index (κ1) is 24.1. The first-order valence-corrected chi connectivity index (χ1v) is 10.8. The largest absolute Gasteiger partial charge is 0.493 e. The molecular formula is C21H29ClN2O6. The van der Waals surface area contributed by atoms with Crippen LogP contribution in [0.25, 0.3) is 0 Å². The molecule has 1 N–H and O–H groups in total. The summed E-state index contributed by atoms with van der Waals surface area (Å²) in [5.74, 6) is 0.0872. The maximum Gasteiger partial charge on any atom is 0.302 e. The fraction of sp³-hybridized carbons (Fsp3) is 0.619. The van der Waals surface area contributed by atoms with E-state index >= 15 is 0 Å². The Bertz CT molecular complexity index is 749. The third-order valence-electron chi connectivity index (χ3n) is 5.38. The molecule has 1 atom stereocenters. The zero-order chi connectivity index (χ0) is 22.1. The van der Waals surface area contributed by atoms with Crippen LogP contribution < -0.4 is 4.74 Å². The molecule has 1 aliphatic carbocycles. The van der Waals surface area contributed by atoms with E-state index < -0.39 is 16.8 Å². The minimum atomic E-state index is -0.786. The van der Waals surface area contributed by atoms with E-state index in [4.69, 9.17) is 16.3 Å². The van der Waals surface area contributed by atoms with Crippen molar-refractivity contribution in [1.29, 1.82) is 0 Å². The van der Waals surface area contributed by atoms with E-state index in [1.54, 1.807) is 11.8 Å². The van der Waals surface area contributed by atoms with Gasteiger partial charge in [0, 0.05) is 12.5 Å². The Morgan fingerprint density at radius 2 is 2.03 bits per heavy atom. The number of aldehydes is 1. The third-order valence-corrected chi connectivity index (χ3v) is 5.68. The fourth-order valence-corrected chi connectivity index (χ4v) is 4.16. The van der Waals surface area contributed by atoms with Gasteiger partial charge in [-0.1, -0.05) is 30.9 Å². The number of nitrogens with zero attached hydrogens (tertiary/aromatic N) is 2. The average molecular weight is 441 g/mol. The van der Waals surface area contributed by atoms with Crippen LogP contribution in [0.4, 0.5) is 5.69 Å². The summed E-state index contributed by atoms with van der Waals surface area (Å²) in [5.41, 5.74) is -0.640. The van der Waals surface area contributed by atoms with Crippen molar-refractivity contribution in [3.63, 3.8) is 0 Å². The third kappa shape index (κ3) is 6.40. The van der Waals surface area contributed by atoms with Crippen LogP contribution in [-0.4, -0.2) is 46.0 Å². The number of hydrogen-bond donors (Lipinski definition) is 1. The molecule has 8 nitrogen and oxygen atoms in total. The van der Waals surface area contributed by atoms with Gasteiger partial charge in [0.1, 0.15) is 22.6 Å². The van der Waals surface area contributed by atoms with Gasteiger partial charge in [0.05, 0.1) is 11.5 Å². The van der Waals surface area contributed by atoms with Crippen molar-refractivity contribution >= 4 is 29.5 Å². The Kier molecular flexibility index (Phi) is 9.52. The lowest BCUT2D eigenvalue weighted by Gasteiger charge is -2.36. The van der Waals surface area contributed by atoms with Crippen molar-refractivity contribution in [1.82, 2.24) is 4.90 Å². The summed E-state index contributed by atoms with van der Waals surface area (Å²) in [4.78, 5) is 35.9. The van der Waals surface area contributed by atoms with Gasteiger partial charge in [-0.3, -0.25) is 19.7 Å². The fourth-order valence-electron chi connectivity index (χ4n) is 3.93. The van der Waals surface area contributed by atoms with Gasteiger partial charge in [-0.25, -0.2) is 0 Å². The first-order valence-electron chi connectivity index (χ1n) is 10.4. The summed E-state index contributed by atoms with van der Waals surface area (Å²) in [6.07, 6.45) is 7.17. The predicted molar refractivity (Wildman–Crippen MR) is 113 cm³/mol. The molecule has 0 heterocycles. The van der Waals surface area contributed by atoms with Gasteiger partial charge in [-0.05, 0) is 51.2 Å². The van der Waals surface area contributed by atoms with E-state index in [-0.39, 0.29) is 34.9 Å². The molecule has 0 bridgehead atoms. The van der Waals surface area contributed by atoms with E-state index in [0.717, 1.165) is 32.1 Å². The average Bonchev–Trinajstić information content (AvgIpc) is 2.71. The highest BCUT2D eigenvalue weighted by Crippen LogP contribution is 2.34. The molecule has 1 aromatic carbocycles. The first-order chi connectivity index (χ1) is 14.4. The van der Waals surface area contributed by atoms with Gasteiger partial charge in [0.2, 0.25) is 5.91 Å². The van der Waals surface area contributed by atoms with Crippen LogP contribution in [0.2, 0.25) is 5.02 Å². The minimum Gasteiger partial charge on any atom is -0.493 e. The van der Waals surface area contributed by atoms with E-state index in [9.17, 15) is 24.8 Å². The number of carbonyl (C=O) groups excluding carboxylic acids is 2. The van der Waals surface area contributed by atoms with E-state index in [1.807, 2.05) is 0 Å². The highest BCUT2D eigenvalue weighted by Gasteiger charge is 2.28. The Morgan fingerprint density at radius 3 is 2.63 bits per heavy atom. The molecule has 1 aliphatic rings. The van der Waals surface area contributed by atoms with Gasteiger partial charge >= 0.3 is 5.69 Å². The smallest absolute Gasteiger partial charge is 0.302 e. The van der Waals surface area contributed by atoms with Crippen LogP contribution in [0, 0.1) is 10.1 Å². The van der Waals surface area contributed by atoms with Crippen LogP contribution in [0.15, 0.2) is 12.1 Å². The van der Waals surface area contributed by atoms with Crippen molar-refractivity contribution < 1.29 is 24.4 Å². The van der Waals surface area contributed by atoms with Crippen LogP contribution in [0.1, 0.15) is 75.1 Å². The lowest BCUT2D eigenvalue weighted by Crippen LogP contribution is -2.46. The quantitative estimate of drug-likeness (QED) is 0.178. The lowest BCUT2D eigenvalue weighted by atomic mass is 9.93. The molecule has 0 aliphatic heterocycles. The van der Waals surface area contributed by atoms with Gasteiger partial charge in [-0.15, -0.1) is 0 Å². The second kappa shape index (κ2) is 11.9. The molecule has 1 amide bonds. The highest BCUT2D eigenvalue weighted by atomic mass is 35.5. The van der Waals surface area contributed by atoms with Crippen molar-refractivity contribution in [2.75, 3.05) is 6.61 Å². The van der Waals surface area contributed by atoms with Gasteiger partial charge in [0.15, 0.2) is 6.29 Å². The maximum atomic E-state index is 12.6. The molecule has 1 unspecified atom stereocenters. The molecule has 0 radical (unpaired) electrons. The van der Waals surface area contributed by atoms with Crippen LogP contribution in [0.3, 0.4) is 0 Å². The van der Waals surface area contributed by atoms with Crippen molar-refractivity contribution in [2.24, 2.45) is 0 Å². The summed E-state index contributed by atoms with van der Waals surface area (Å²) in [6.45, 7) is 1.90. The number of aliphatic hydroxyl groups excluding tert-OH is 1. The number of nitro benzene ring substituents is 1. The molecule has 0 spiro atoms. The number of hydrogen-bond acceptors (Lipinski definition) is 6. The number of halogens is 1. The number of carbonyl (C=O) groups is 2. The molecule has 1 aromatic rings. The number of unbranched alkanes of at least 4 members (excludes halogenated alkanes) is 2. The van der Waals surface area contributed by atoms with Crippen molar-refractivity contribution in [2.45, 2.75) is 77.0 Å². The molecule has 9 heteroatoms. The molecule has 2 rings (SSSR count). The molecule has 1 fully saturated rings. The molecule has 0 aromatic heterocycles. The molecule has 166 valence electrons. The monoisotopic (exact) mass is 440 g/mol. The summed E-state index contributed by atoms with van der Waals surface area (Å²) >= 11 is 5.80. The molecular weight excluding hydrogens is 412 g/mol. The van der Waals surface area contributed by atoms with Crippen LogP contribution in [-0.2, 0) is 4.79 Å². The molecule has 0 saturated heterocycles. The Balaban J connectivity index is 1.79. The molecule has 1 saturated carbocycles.